The van der Waals surface area contributed by atoms with Crippen molar-refractivity contribution in [3.05, 3.63) is 119 Å². The zero-order valence-electron chi connectivity index (χ0n) is 30.3. The molecule has 2 aliphatic heterocycles. The maximum Gasteiger partial charge on any atom is 0.224 e. The second-order valence-electron chi connectivity index (χ2n) is 14.2. The van der Waals surface area contributed by atoms with E-state index in [0.717, 1.165) is 78.6 Å². The van der Waals surface area contributed by atoms with Crippen molar-refractivity contribution in [3.8, 4) is 11.1 Å². The first-order chi connectivity index (χ1) is 25.8. The van der Waals surface area contributed by atoms with Crippen LogP contribution in [0.2, 0.25) is 0 Å². The molecule has 6 rings (SSSR count). The Balaban J connectivity index is 0.997. The van der Waals surface area contributed by atoms with Gasteiger partial charge in [-0.15, -0.1) is 0 Å². The lowest BCUT2D eigenvalue weighted by atomic mass is 9.98. The molecule has 53 heavy (non-hydrogen) atoms. The predicted octanol–water partition coefficient (Wildman–Crippen LogP) is 6.64. The summed E-state index contributed by atoms with van der Waals surface area (Å²) in [5, 5.41) is 25.6. The second kappa shape index (κ2) is 19.0. The number of unbranched alkanes of at least 4 members (excludes halogenated alkanes) is 3. The molecule has 2 fully saturated rings. The summed E-state index contributed by atoms with van der Waals surface area (Å²) < 4.78 is 13.2. The van der Waals surface area contributed by atoms with E-state index in [4.69, 9.17) is 15.2 Å². The molecule has 2 saturated heterocycles. The zero-order chi connectivity index (χ0) is 37.0. The fourth-order valence-corrected chi connectivity index (χ4v) is 7.06. The Labute approximate surface area is 312 Å². The normalized spacial score (nSPS) is 20.3. The lowest BCUT2D eigenvalue weighted by molar-refractivity contribution is -0.252. The first kappa shape index (κ1) is 38.2. The zero-order valence-corrected chi connectivity index (χ0v) is 30.3. The predicted molar refractivity (Wildman–Crippen MR) is 206 cm³/mol. The summed E-state index contributed by atoms with van der Waals surface area (Å²) in [6, 6.07) is 31.5. The molecule has 10 nitrogen and oxygen atoms in total. The largest absolute Gasteiger partial charge is 0.397 e. The summed E-state index contributed by atoms with van der Waals surface area (Å²) in [6.45, 7) is 2.66. The topological polar surface area (TPSA) is 146 Å². The Kier molecular flexibility index (Phi) is 13.6. The number of anilines is 2. The number of β-amino-alcohol motifs (C(OH)–C–C–N with tert-alkyl or cyclic N) is 1. The minimum Gasteiger partial charge on any atom is -0.397 e. The van der Waals surface area contributed by atoms with Crippen molar-refractivity contribution < 1.29 is 29.3 Å². The third kappa shape index (κ3) is 11.2. The Morgan fingerprint density at radius 1 is 0.792 bits per heavy atom. The van der Waals surface area contributed by atoms with Gasteiger partial charge in [0.1, 0.15) is 0 Å². The highest BCUT2D eigenvalue weighted by molar-refractivity contribution is 5.93. The number of nitrogen functional groups attached to an aromatic ring is 1. The van der Waals surface area contributed by atoms with Crippen LogP contribution in [0.25, 0.3) is 11.1 Å². The highest BCUT2D eigenvalue weighted by atomic mass is 16.7. The highest BCUT2D eigenvalue weighted by Gasteiger charge is 2.34. The van der Waals surface area contributed by atoms with Crippen LogP contribution in [0.5, 0.6) is 0 Å². The molecule has 2 aliphatic rings. The van der Waals surface area contributed by atoms with Crippen LogP contribution >= 0.6 is 0 Å². The number of ether oxygens (including phenoxy) is 2. The minimum absolute atomic E-state index is 0.00519. The number of carbonyl (C=O) groups is 2. The lowest BCUT2D eigenvalue weighted by Crippen LogP contribution is -2.38. The third-order valence-corrected chi connectivity index (χ3v) is 10.0. The number of likely N-dealkylation sites (tertiary alicyclic amines) is 1. The van der Waals surface area contributed by atoms with E-state index >= 15 is 0 Å². The van der Waals surface area contributed by atoms with E-state index in [1.165, 1.54) is 0 Å². The molecule has 0 unspecified atom stereocenters. The summed E-state index contributed by atoms with van der Waals surface area (Å²) in [5.74, 6) is -0.0379. The van der Waals surface area contributed by atoms with Crippen LogP contribution in [-0.4, -0.2) is 58.8 Å². The number of hydrogen-bond acceptors (Lipinski definition) is 8. The minimum atomic E-state index is -0.572. The number of nitrogens with two attached hydrogens (primary N) is 1. The van der Waals surface area contributed by atoms with Gasteiger partial charge >= 0.3 is 0 Å². The van der Waals surface area contributed by atoms with Crippen molar-refractivity contribution in [2.45, 2.75) is 89.1 Å². The van der Waals surface area contributed by atoms with E-state index in [1.807, 2.05) is 60.7 Å². The summed E-state index contributed by atoms with van der Waals surface area (Å²) in [5.41, 5.74) is 13.0. The molecule has 4 aromatic rings. The number of hydrogen-bond donors (Lipinski definition) is 5. The molecule has 2 amide bonds. The number of nitrogens with one attached hydrogen (secondary N) is 2. The van der Waals surface area contributed by atoms with Gasteiger partial charge in [-0.1, -0.05) is 85.6 Å². The van der Waals surface area contributed by atoms with Crippen molar-refractivity contribution in [2.75, 3.05) is 30.7 Å². The first-order valence-corrected chi connectivity index (χ1v) is 18.8. The molecule has 0 aromatic heterocycles. The SMILES string of the molecule is Nc1ccccc1NC(=O)CCCCCCC(=O)NCc1cccc(-c2cccc([C@@H]3O[C@H](CN4CC[C@H](O)C4)C[C@H](c4ccc(CO)cc4)O3)c2)c1. The maximum atomic E-state index is 12.6. The van der Waals surface area contributed by atoms with Crippen molar-refractivity contribution in [2.24, 2.45) is 0 Å². The van der Waals surface area contributed by atoms with Crippen LogP contribution in [0.15, 0.2) is 97.1 Å². The quantitative estimate of drug-likeness (QED) is 0.0640. The fourth-order valence-electron chi connectivity index (χ4n) is 7.06. The molecule has 4 aromatic carbocycles. The van der Waals surface area contributed by atoms with E-state index in [2.05, 4.69) is 39.8 Å². The van der Waals surface area contributed by atoms with Crippen LogP contribution in [0, 0.1) is 0 Å². The molecule has 0 aliphatic carbocycles. The fraction of sp³-hybridized carbons (Fsp3) is 0.395. The number of para-hydroxylation sites is 2. The van der Waals surface area contributed by atoms with E-state index in [-0.39, 0.29) is 36.7 Å². The van der Waals surface area contributed by atoms with Crippen LogP contribution < -0.4 is 16.4 Å². The molecular formula is C43H52N4O6. The number of aliphatic hydroxyl groups excluding tert-OH is 2. The average molecular weight is 721 g/mol. The van der Waals surface area contributed by atoms with Crippen molar-refractivity contribution in [1.29, 1.82) is 0 Å². The molecule has 280 valence electrons. The highest BCUT2D eigenvalue weighted by Crippen LogP contribution is 2.39. The van der Waals surface area contributed by atoms with Gasteiger partial charge < -0.3 is 36.1 Å². The number of nitrogens with zero attached hydrogens (tertiary/aromatic N) is 1. The van der Waals surface area contributed by atoms with Gasteiger partial charge in [-0.2, -0.15) is 0 Å². The van der Waals surface area contributed by atoms with E-state index < -0.39 is 6.29 Å². The number of aliphatic hydroxyl groups is 2. The molecule has 4 atom stereocenters. The molecular weight excluding hydrogens is 668 g/mol. The summed E-state index contributed by atoms with van der Waals surface area (Å²) in [6.07, 6.45) is 4.51. The van der Waals surface area contributed by atoms with Gasteiger partial charge in [0, 0.05) is 51.0 Å². The third-order valence-electron chi connectivity index (χ3n) is 10.0. The monoisotopic (exact) mass is 720 g/mol. The smallest absolute Gasteiger partial charge is 0.224 e. The first-order valence-electron chi connectivity index (χ1n) is 18.8. The Morgan fingerprint density at radius 3 is 2.26 bits per heavy atom. The summed E-state index contributed by atoms with van der Waals surface area (Å²) >= 11 is 0. The number of benzene rings is 4. The van der Waals surface area contributed by atoms with Crippen LogP contribution in [0.4, 0.5) is 11.4 Å². The summed E-state index contributed by atoms with van der Waals surface area (Å²) in [7, 11) is 0. The summed E-state index contributed by atoms with van der Waals surface area (Å²) in [4.78, 5) is 27.1. The number of carbonyl (C=O) groups excluding carboxylic acids is 2. The van der Waals surface area contributed by atoms with E-state index in [0.29, 0.717) is 43.7 Å². The number of rotatable bonds is 16. The van der Waals surface area contributed by atoms with E-state index in [9.17, 15) is 19.8 Å². The van der Waals surface area contributed by atoms with Gasteiger partial charge in [0.15, 0.2) is 6.29 Å². The Morgan fingerprint density at radius 2 is 1.53 bits per heavy atom. The lowest BCUT2D eigenvalue weighted by Gasteiger charge is -2.38. The second-order valence-corrected chi connectivity index (χ2v) is 14.2. The Bertz CT molecular complexity index is 1800. The molecule has 0 spiro atoms. The molecule has 6 N–H and O–H groups in total. The van der Waals surface area contributed by atoms with Crippen molar-refractivity contribution in [1.82, 2.24) is 10.2 Å². The molecule has 0 saturated carbocycles. The average Bonchev–Trinajstić information content (AvgIpc) is 3.60. The van der Waals surface area contributed by atoms with Crippen LogP contribution in [0.3, 0.4) is 0 Å². The number of amides is 2. The molecule has 0 bridgehead atoms. The molecule has 0 radical (unpaired) electrons. The van der Waals surface area contributed by atoms with E-state index in [1.54, 1.807) is 12.1 Å². The molecule has 10 heteroatoms. The van der Waals surface area contributed by atoms with Crippen LogP contribution in [0.1, 0.15) is 86.0 Å². The van der Waals surface area contributed by atoms with Crippen molar-refractivity contribution in [3.63, 3.8) is 0 Å². The molecule has 2 heterocycles. The standard InChI is InChI=1S/C43H52N4O6/c44-38-13-5-6-14-39(38)46-42(51)16-4-2-1-3-15-41(50)45-26-31-9-7-10-33(23-31)34-11-8-12-35(24-34)43-52-37(28-47-22-21-36(49)27-47)25-40(53-43)32-19-17-30(29-48)18-20-32/h5-14,17-20,23-24,36-37,40,43,48-49H,1-4,15-16,21-22,25-29,44H2,(H,45,50)(H,46,51)/t36-,37-,40+,43+/m0/s1. The van der Waals surface area contributed by atoms with Gasteiger partial charge in [-0.3, -0.25) is 14.5 Å². The van der Waals surface area contributed by atoms with Gasteiger partial charge in [-0.25, -0.2) is 0 Å². The van der Waals surface area contributed by atoms with Gasteiger partial charge in [0.2, 0.25) is 11.8 Å². The Hall–Kier alpha value is -4.58. The van der Waals surface area contributed by atoms with Gasteiger partial charge in [0.05, 0.1) is 36.3 Å². The van der Waals surface area contributed by atoms with Gasteiger partial charge in [0.25, 0.3) is 0 Å². The maximum absolute atomic E-state index is 12.6. The van der Waals surface area contributed by atoms with Crippen molar-refractivity contribution >= 4 is 23.2 Å². The van der Waals surface area contributed by atoms with Crippen LogP contribution in [-0.2, 0) is 32.2 Å². The van der Waals surface area contributed by atoms with Gasteiger partial charge in [-0.05, 0) is 71.3 Å².